The van der Waals surface area contributed by atoms with Gasteiger partial charge in [0.15, 0.2) is 0 Å². The molecule has 0 aliphatic carbocycles. The van der Waals surface area contributed by atoms with E-state index in [0.717, 1.165) is 22.6 Å². The van der Waals surface area contributed by atoms with Gasteiger partial charge in [-0.3, -0.25) is 4.79 Å². The number of carbonyl (C=O) groups is 1. The van der Waals surface area contributed by atoms with Gasteiger partial charge in [0.05, 0.1) is 0 Å². The molecule has 0 aliphatic heterocycles. The molecule has 6 heteroatoms. The Morgan fingerprint density at radius 2 is 2.04 bits per heavy atom. The average molecular weight is 341 g/mol. The van der Waals surface area contributed by atoms with Crippen LogP contribution in [0.4, 0.5) is 4.39 Å². The van der Waals surface area contributed by atoms with E-state index in [9.17, 15) is 14.4 Å². The predicted molar refractivity (Wildman–Crippen MR) is 93.5 cm³/mol. The number of aliphatic hydroxyl groups excluding tert-OH is 1. The number of hydrogen-bond donors (Lipinski definition) is 2. The van der Waals surface area contributed by atoms with Gasteiger partial charge in [-0.1, -0.05) is 0 Å². The zero-order valence-electron chi connectivity index (χ0n) is 14.2. The summed E-state index contributed by atoms with van der Waals surface area (Å²) < 4.78 is 15.1. The van der Waals surface area contributed by atoms with Gasteiger partial charge < -0.3 is 15.0 Å². The highest BCUT2D eigenvalue weighted by atomic mass is 19.1. The normalized spacial score (nSPS) is 11.2. The Balaban J connectivity index is 2.33. The van der Waals surface area contributed by atoms with Crippen LogP contribution >= 0.6 is 0 Å². The van der Waals surface area contributed by atoms with E-state index in [4.69, 9.17) is 5.11 Å². The Morgan fingerprint density at radius 1 is 1.36 bits per heavy atom. The minimum absolute atomic E-state index is 0.00250. The molecule has 0 atom stereocenters. The van der Waals surface area contributed by atoms with E-state index in [1.54, 1.807) is 12.1 Å². The molecule has 0 aliphatic rings. The van der Waals surface area contributed by atoms with Gasteiger partial charge in [0.1, 0.15) is 17.5 Å². The number of rotatable bonds is 6. The summed E-state index contributed by atoms with van der Waals surface area (Å²) in [5, 5.41) is 20.6. The van der Waals surface area contributed by atoms with Crippen molar-refractivity contribution in [2.45, 2.75) is 20.3 Å². The number of halogens is 1. The first-order valence-electron chi connectivity index (χ1n) is 7.93. The third-order valence-electron chi connectivity index (χ3n) is 3.84. The molecular weight excluding hydrogens is 321 g/mol. The molecule has 2 rings (SSSR count). The zero-order valence-corrected chi connectivity index (χ0v) is 14.2. The van der Waals surface area contributed by atoms with Crippen LogP contribution < -0.4 is 5.32 Å². The zero-order chi connectivity index (χ0) is 18.4. The maximum Gasteiger partial charge on any atom is 0.261 e. The summed E-state index contributed by atoms with van der Waals surface area (Å²) in [6, 6.07) is 9.91. The number of carbonyl (C=O) groups excluding carboxylic acids is 1. The lowest BCUT2D eigenvalue weighted by Crippen LogP contribution is -2.26. The number of benzene rings is 1. The molecule has 25 heavy (non-hydrogen) atoms. The van der Waals surface area contributed by atoms with E-state index >= 15 is 0 Å². The second kappa shape index (κ2) is 8.27. The van der Waals surface area contributed by atoms with E-state index in [1.165, 1.54) is 18.2 Å². The molecule has 2 N–H and O–H groups in total. The first kappa shape index (κ1) is 18.4. The number of hydrogen-bond acceptors (Lipinski definition) is 3. The molecule has 0 saturated carbocycles. The van der Waals surface area contributed by atoms with Gasteiger partial charge in [-0.15, -0.1) is 0 Å². The fourth-order valence-electron chi connectivity index (χ4n) is 2.60. The average Bonchev–Trinajstić information content (AvgIpc) is 2.87. The maximum absolute atomic E-state index is 13.1. The Morgan fingerprint density at radius 3 is 2.64 bits per heavy atom. The van der Waals surface area contributed by atoms with Crippen molar-refractivity contribution in [3.05, 3.63) is 58.7 Å². The number of aromatic nitrogens is 1. The van der Waals surface area contributed by atoms with Crippen LogP contribution in [0.25, 0.3) is 11.8 Å². The molecule has 0 spiro atoms. The van der Waals surface area contributed by atoms with Crippen LogP contribution in [0.5, 0.6) is 0 Å². The summed E-state index contributed by atoms with van der Waals surface area (Å²) in [5.74, 6) is -0.778. The molecule has 5 nitrogen and oxygen atoms in total. The van der Waals surface area contributed by atoms with Crippen molar-refractivity contribution >= 4 is 12.0 Å². The highest BCUT2D eigenvalue weighted by Crippen LogP contribution is 2.23. The van der Waals surface area contributed by atoms with Crippen molar-refractivity contribution < 1.29 is 14.3 Å². The standard InChI is InChI=1S/C19H20FN3O2/c1-13-10-15(11-16(12-21)19(25)22-8-3-9-24)14(2)23(13)18-6-4-17(20)5-7-18/h4-7,10-11,24H,3,8-9H2,1-2H3,(H,22,25)/b16-11-. The summed E-state index contributed by atoms with van der Waals surface area (Å²) >= 11 is 0. The van der Waals surface area contributed by atoms with Crippen LogP contribution in [0.1, 0.15) is 23.4 Å². The van der Waals surface area contributed by atoms with E-state index in [1.807, 2.05) is 30.6 Å². The summed E-state index contributed by atoms with van der Waals surface area (Å²) in [6.45, 7) is 4.07. The summed E-state index contributed by atoms with van der Waals surface area (Å²) in [5.41, 5.74) is 3.31. The van der Waals surface area contributed by atoms with Crippen LogP contribution in [0.15, 0.2) is 35.9 Å². The van der Waals surface area contributed by atoms with E-state index in [0.29, 0.717) is 13.0 Å². The van der Waals surface area contributed by atoms with Crippen molar-refractivity contribution in [3.8, 4) is 11.8 Å². The highest BCUT2D eigenvalue weighted by molar-refractivity contribution is 6.01. The van der Waals surface area contributed by atoms with Crippen molar-refractivity contribution in [2.75, 3.05) is 13.2 Å². The highest BCUT2D eigenvalue weighted by Gasteiger charge is 2.13. The number of nitriles is 1. The molecule has 0 fully saturated rings. The monoisotopic (exact) mass is 341 g/mol. The molecule has 1 aromatic heterocycles. The summed E-state index contributed by atoms with van der Waals surface area (Å²) in [6.07, 6.45) is 1.97. The van der Waals surface area contributed by atoms with Gasteiger partial charge in [-0.25, -0.2) is 4.39 Å². The third-order valence-corrected chi connectivity index (χ3v) is 3.84. The molecule has 1 amide bonds. The molecule has 2 aromatic rings. The quantitative estimate of drug-likeness (QED) is 0.482. The summed E-state index contributed by atoms with van der Waals surface area (Å²) in [4.78, 5) is 12.0. The Hall–Kier alpha value is -2.91. The van der Waals surface area contributed by atoms with Gasteiger partial charge >= 0.3 is 0 Å². The summed E-state index contributed by atoms with van der Waals surface area (Å²) in [7, 11) is 0. The molecule has 0 unspecified atom stereocenters. The van der Waals surface area contributed by atoms with Crippen LogP contribution in [0.2, 0.25) is 0 Å². The van der Waals surface area contributed by atoms with Crippen molar-refractivity contribution in [1.82, 2.24) is 9.88 Å². The number of amides is 1. The van der Waals surface area contributed by atoms with Gasteiger partial charge in [-0.2, -0.15) is 5.26 Å². The number of nitrogens with one attached hydrogen (secondary N) is 1. The largest absolute Gasteiger partial charge is 0.396 e. The topological polar surface area (TPSA) is 78.1 Å². The number of nitrogens with zero attached hydrogens (tertiary/aromatic N) is 2. The van der Waals surface area contributed by atoms with Gasteiger partial charge in [0.2, 0.25) is 0 Å². The molecule has 0 bridgehead atoms. The second-order valence-corrected chi connectivity index (χ2v) is 5.64. The lowest BCUT2D eigenvalue weighted by Gasteiger charge is -2.09. The van der Waals surface area contributed by atoms with E-state index in [-0.39, 0.29) is 18.0 Å². The first-order valence-corrected chi connectivity index (χ1v) is 7.93. The van der Waals surface area contributed by atoms with Crippen molar-refractivity contribution in [2.24, 2.45) is 0 Å². The molecule has 1 heterocycles. The Bertz CT molecular complexity index is 830. The van der Waals surface area contributed by atoms with Gasteiger partial charge in [-0.05, 0) is 62.2 Å². The molecule has 1 aromatic carbocycles. The van der Waals surface area contributed by atoms with Gasteiger partial charge in [0.25, 0.3) is 5.91 Å². The van der Waals surface area contributed by atoms with Gasteiger partial charge in [0, 0.05) is 30.2 Å². The SMILES string of the molecule is Cc1cc(/C=C(/C#N)C(=O)NCCCO)c(C)n1-c1ccc(F)cc1. The van der Waals surface area contributed by atoms with E-state index < -0.39 is 5.91 Å². The first-order chi connectivity index (χ1) is 12.0. The Labute approximate surface area is 146 Å². The van der Waals surface area contributed by atoms with Crippen molar-refractivity contribution in [1.29, 1.82) is 5.26 Å². The van der Waals surface area contributed by atoms with E-state index in [2.05, 4.69) is 5.32 Å². The second-order valence-electron chi connectivity index (χ2n) is 5.64. The molecule has 0 saturated heterocycles. The lowest BCUT2D eigenvalue weighted by atomic mass is 10.1. The minimum atomic E-state index is -0.470. The van der Waals surface area contributed by atoms with Crippen LogP contribution in [0, 0.1) is 31.0 Å². The molecule has 130 valence electrons. The Kier molecular flexibility index (Phi) is 6.09. The molecular formula is C19H20FN3O2. The number of aryl methyl sites for hydroxylation is 1. The number of aliphatic hydroxyl groups is 1. The smallest absolute Gasteiger partial charge is 0.261 e. The fraction of sp³-hybridized carbons (Fsp3) is 0.263. The van der Waals surface area contributed by atoms with Crippen LogP contribution in [-0.4, -0.2) is 28.7 Å². The minimum Gasteiger partial charge on any atom is -0.396 e. The maximum atomic E-state index is 13.1. The van der Waals surface area contributed by atoms with Crippen LogP contribution in [-0.2, 0) is 4.79 Å². The van der Waals surface area contributed by atoms with Crippen molar-refractivity contribution in [3.63, 3.8) is 0 Å². The lowest BCUT2D eigenvalue weighted by molar-refractivity contribution is -0.117. The predicted octanol–water partition coefficient (Wildman–Crippen LogP) is 2.64. The fourth-order valence-corrected chi connectivity index (χ4v) is 2.60. The molecule has 0 radical (unpaired) electrons. The van der Waals surface area contributed by atoms with Crippen LogP contribution in [0.3, 0.4) is 0 Å². The third kappa shape index (κ3) is 4.34.